The van der Waals surface area contributed by atoms with Crippen LogP contribution in [0.3, 0.4) is 0 Å². The van der Waals surface area contributed by atoms with Crippen LogP contribution in [0, 0.1) is 0 Å². The summed E-state index contributed by atoms with van der Waals surface area (Å²) in [5, 5.41) is 11.9. The predicted octanol–water partition coefficient (Wildman–Crippen LogP) is 1.32. The summed E-state index contributed by atoms with van der Waals surface area (Å²) < 4.78 is 5.14. The van der Waals surface area contributed by atoms with Gasteiger partial charge in [0, 0.05) is 11.5 Å². The highest BCUT2D eigenvalue weighted by Crippen LogP contribution is 2.32. The number of benzene rings is 1. The highest BCUT2D eigenvalue weighted by Gasteiger charge is 2.37. The van der Waals surface area contributed by atoms with Crippen LogP contribution in [0.25, 0.3) is 6.08 Å². The van der Waals surface area contributed by atoms with Crippen LogP contribution in [0.2, 0.25) is 0 Å². The number of aliphatic hydroxyl groups is 1. The molecular weight excluding hydrogens is 376 g/mol. The summed E-state index contributed by atoms with van der Waals surface area (Å²) in [4.78, 5) is 37.9. The number of ether oxygens (including phenoxy) is 1. The highest BCUT2D eigenvalue weighted by molar-refractivity contribution is 8.18. The van der Waals surface area contributed by atoms with Crippen LogP contribution < -0.4 is 10.1 Å². The Hall–Kier alpha value is -1.97. The fraction of sp³-hybridized carbons (Fsp3) is 0.353. The first-order valence-corrected chi connectivity index (χ1v) is 9.89. The van der Waals surface area contributed by atoms with Gasteiger partial charge in [0.05, 0.1) is 24.2 Å². The minimum Gasteiger partial charge on any atom is -0.497 e. The molecule has 0 aromatic heterocycles. The molecule has 0 bridgehead atoms. The number of carbonyl (C=O) groups is 3. The summed E-state index contributed by atoms with van der Waals surface area (Å²) in [6, 6.07) is 6.76. The molecular formula is C17H18N2O5S2. The summed E-state index contributed by atoms with van der Waals surface area (Å²) in [6.45, 7) is -0.353. The molecule has 9 heteroatoms. The average Bonchev–Trinajstić information content (AvgIpc) is 3.13. The van der Waals surface area contributed by atoms with Gasteiger partial charge in [-0.05, 0) is 35.5 Å². The molecule has 0 unspecified atom stereocenters. The third-order valence-corrected chi connectivity index (χ3v) is 6.04. The second-order valence-electron chi connectivity index (χ2n) is 5.82. The molecule has 2 aliphatic heterocycles. The van der Waals surface area contributed by atoms with Gasteiger partial charge in [0.25, 0.3) is 11.1 Å². The molecule has 2 N–H and O–H groups in total. The first-order chi connectivity index (χ1) is 12.5. The molecule has 2 heterocycles. The van der Waals surface area contributed by atoms with Gasteiger partial charge in [-0.2, -0.15) is 11.8 Å². The largest absolute Gasteiger partial charge is 0.497 e. The second-order valence-corrected chi connectivity index (χ2v) is 7.89. The SMILES string of the molecule is COc1cccc(/C=C2\SC(=O)N(CC(=O)N[C@H]3CSC[C@@H]3O)C2=O)c1. The van der Waals surface area contributed by atoms with E-state index in [0.29, 0.717) is 17.3 Å². The lowest BCUT2D eigenvalue weighted by atomic mass is 10.2. The first kappa shape index (κ1) is 18.8. The van der Waals surface area contributed by atoms with E-state index in [-0.39, 0.29) is 17.5 Å². The first-order valence-electron chi connectivity index (χ1n) is 7.92. The standard InChI is InChI=1S/C17H18N2O5S2/c1-24-11-4-2-3-10(5-11)6-14-16(22)19(17(23)26-14)7-15(21)18-12-8-25-9-13(12)20/h2-6,12-13,20H,7-9H2,1H3,(H,18,21)/b14-6-/t12-,13-/m0/s1. The van der Waals surface area contributed by atoms with Crippen molar-refractivity contribution in [3.05, 3.63) is 34.7 Å². The zero-order valence-electron chi connectivity index (χ0n) is 14.0. The summed E-state index contributed by atoms with van der Waals surface area (Å²) in [6.07, 6.45) is 0.995. The zero-order chi connectivity index (χ0) is 18.7. The van der Waals surface area contributed by atoms with E-state index in [4.69, 9.17) is 4.74 Å². The van der Waals surface area contributed by atoms with Gasteiger partial charge in [-0.1, -0.05) is 12.1 Å². The quantitative estimate of drug-likeness (QED) is 0.727. The van der Waals surface area contributed by atoms with Gasteiger partial charge in [-0.25, -0.2) is 0 Å². The lowest BCUT2D eigenvalue weighted by molar-refractivity contribution is -0.129. The van der Waals surface area contributed by atoms with E-state index >= 15 is 0 Å². The maximum atomic E-state index is 12.5. The number of imide groups is 1. The van der Waals surface area contributed by atoms with E-state index in [9.17, 15) is 19.5 Å². The Labute approximate surface area is 159 Å². The van der Waals surface area contributed by atoms with Crippen LogP contribution in [0.1, 0.15) is 5.56 Å². The van der Waals surface area contributed by atoms with Gasteiger partial charge in [0.2, 0.25) is 5.91 Å². The number of hydrogen-bond acceptors (Lipinski definition) is 7. The lowest BCUT2D eigenvalue weighted by Crippen LogP contribution is -2.47. The molecule has 0 aliphatic carbocycles. The van der Waals surface area contributed by atoms with Crippen molar-refractivity contribution >= 4 is 46.7 Å². The Bertz CT molecular complexity index is 767. The molecule has 138 valence electrons. The van der Waals surface area contributed by atoms with E-state index in [1.807, 2.05) is 0 Å². The van der Waals surface area contributed by atoms with Gasteiger partial charge < -0.3 is 15.2 Å². The van der Waals surface area contributed by atoms with Crippen molar-refractivity contribution in [1.29, 1.82) is 0 Å². The van der Waals surface area contributed by atoms with Crippen molar-refractivity contribution in [3.63, 3.8) is 0 Å². The van der Waals surface area contributed by atoms with Crippen LogP contribution in [-0.4, -0.2) is 64.4 Å². The van der Waals surface area contributed by atoms with Crippen LogP contribution >= 0.6 is 23.5 Å². The number of aliphatic hydroxyl groups excluding tert-OH is 1. The minimum atomic E-state index is -0.605. The molecule has 0 spiro atoms. The summed E-state index contributed by atoms with van der Waals surface area (Å²) in [5.41, 5.74) is 0.727. The van der Waals surface area contributed by atoms with E-state index in [1.54, 1.807) is 49.2 Å². The zero-order valence-corrected chi connectivity index (χ0v) is 15.6. The Kier molecular flexibility index (Phi) is 5.90. The molecule has 1 aromatic rings. The minimum absolute atomic E-state index is 0.257. The average molecular weight is 394 g/mol. The molecule has 26 heavy (non-hydrogen) atoms. The lowest BCUT2D eigenvalue weighted by Gasteiger charge is -2.18. The number of nitrogens with zero attached hydrogens (tertiary/aromatic N) is 1. The molecule has 7 nitrogen and oxygen atoms in total. The molecule has 0 saturated carbocycles. The fourth-order valence-corrected chi connectivity index (χ4v) is 4.60. The van der Waals surface area contributed by atoms with Gasteiger partial charge in [0.1, 0.15) is 12.3 Å². The second kappa shape index (κ2) is 8.15. The molecule has 2 aliphatic rings. The number of methoxy groups -OCH3 is 1. The molecule has 0 radical (unpaired) electrons. The fourth-order valence-electron chi connectivity index (χ4n) is 2.60. The number of hydrogen-bond donors (Lipinski definition) is 2. The molecule has 2 saturated heterocycles. The number of thioether (sulfide) groups is 2. The Morgan fingerprint density at radius 3 is 2.92 bits per heavy atom. The maximum absolute atomic E-state index is 12.5. The van der Waals surface area contributed by atoms with Crippen LogP contribution in [0.5, 0.6) is 5.75 Å². The van der Waals surface area contributed by atoms with Crippen molar-refractivity contribution in [2.24, 2.45) is 0 Å². The molecule has 1 aromatic carbocycles. The number of nitrogens with one attached hydrogen (secondary N) is 1. The number of amides is 3. The van der Waals surface area contributed by atoms with Crippen LogP contribution in [-0.2, 0) is 9.59 Å². The molecule has 2 fully saturated rings. The Morgan fingerprint density at radius 1 is 1.42 bits per heavy atom. The highest BCUT2D eigenvalue weighted by atomic mass is 32.2. The van der Waals surface area contributed by atoms with Gasteiger partial charge in [0.15, 0.2) is 0 Å². The van der Waals surface area contributed by atoms with Gasteiger partial charge in [-0.3, -0.25) is 19.3 Å². The van der Waals surface area contributed by atoms with Gasteiger partial charge in [-0.15, -0.1) is 0 Å². The third-order valence-electron chi connectivity index (χ3n) is 3.96. The van der Waals surface area contributed by atoms with Crippen molar-refractivity contribution in [2.45, 2.75) is 12.1 Å². The van der Waals surface area contributed by atoms with Gasteiger partial charge >= 0.3 is 0 Å². The predicted molar refractivity (Wildman–Crippen MR) is 101 cm³/mol. The van der Waals surface area contributed by atoms with E-state index < -0.39 is 23.2 Å². The maximum Gasteiger partial charge on any atom is 0.294 e. The summed E-state index contributed by atoms with van der Waals surface area (Å²) in [7, 11) is 1.55. The van der Waals surface area contributed by atoms with Crippen molar-refractivity contribution in [3.8, 4) is 5.75 Å². The topological polar surface area (TPSA) is 95.9 Å². The monoisotopic (exact) mass is 394 g/mol. The molecule has 2 atom stereocenters. The summed E-state index contributed by atoms with van der Waals surface area (Å²) >= 11 is 2.34. The number of rotatable bonds is 5. The normalized spacial score (nSPS) is 24.4. The van der Waals surface area contributed by atoms with Crippen molar-refractivity contribution in [2.75, 3.05) is 25.2 Å². The van der Waals surface area contributed by atoms with E-state index in [2.05, 4.69) is 5.32 Å². The van der Waals surface area contributed by atoms with Crippen molar-refractivity contribution < 1.29 is 24.2 Å². The molecule has 3 rings (SSSR count). The Morgan fingerprint density at radius 2 is 2.23 bits per heavy atom. The van der Waals surface area contributed by atoms with E-state index in [0.717, 1.165) is 22.2 Å². The van der Waals surface area contributed by atoms with Crippen molar-refractivity contribution in [1.82, 2.24) is 10.2 Å². The number of carbonyl (C=O) groups excluding carboxylic acids is 3. The Balaban J connectivity index is 1.66. The third kappa shape index (κ3) is 4.22. The van der Waals surface area contributed by atoms with Crippen LogP contribution in [0.4, 0.5) is 4.79 Å². The van der Waals surface area contributed by atoms with Crippen LogP contribution in [0.15, 0.2) is 29.2 Å². The molecule has 3 amide bonds. The smallest absolute Gasteiger partial charge is 0.294 e. The van der Waals surface area contributed by atoms with E-state index in [1.165, 1.54) is 0 Å². The summed E-state index contributed by atoms with van der Waals surface area (Å²) in [5.74, 6) is 0.867.